The number of aryl methyl sites for hydroxylation is 1. The van der Waals surface area contributed by atoms with Gasteiger partial charge >= 0.3 is 0 Å². The van der Waals surface area contributed by atoms with Crippen LogP contribution >= 0.6 is 31.9 Å². The first-order valence-corrected chi connectivity index (χ1v) is 7.29. The maximum absolute atomic E-state index is 13.0. The van der Waals surface area contributed by atoms with Crippen molar-refractivity contribution in [1.29, 1.82) is 0 Å². The van der Waals surface area contributed by atoms with Crippen molar-refractivity contribution in [2.24, 2.45) is 0 Å². The topological polar surface area (TPSA) is 17.1 Å². The molecule has 19 heavy (non-hydrogen) atoms. The SMILES string of the molecule is Cc1cc(C(=O)Cc2ccc(F)cc2Br)ccc1Br. The van der Waals surface area contributed by atoms with Gasteiger partial charge in [-0.05, 0) is 42.3 Å². The van der Waals surface area contributed by atoms with Crippen molar-refractivity contribution in [1.82, 2.24) is 0 Å². The molecule has 0 saturated carbocycles. The lowest BCUT2D eigenvalue weighted by Gasteiger charge is -2.06. The van der Waals surface area contributed by atoms with Crippen molar-refractivity contribution in [3.8, 4) is 0 Å². The molecule has 2 aromatic rings. The lowest BCUT2D eigenvalue weighted by molar-refractivity contribution is 0.0992. The second kappa shape index (κ2) is 5.97. The third-order valence-electron chi connectivity index (χ3n) is 2.85. The van der Waals surface area contributed by atoms with Crippen LogP contribution in [0.3, 0.4) is 0 Å². The van der Waals surface area contributed by atoms with E-state index in [1.54, 1.807) is 12.1 Å². The molecule has 4 heteroatoms. The van der Waals surface area contributed by atoms with Crippen LogP contribution in [0.25, 0.3) is 0 Å². The minimum Gasteiger partial charge on any atom is -0.294 e. The van der Waals surface area contributed by atoms with Gasteiger partial charge < -0.3 is 0 Å². The van der Waals surface area contributed by atoms with Gasteiger partial charge in [-0.2, -0.15) is 0 Å². The lowest BCUT2D eigenvalue weighted by atomic mass is 10.0. The van der Waals surface area contributed by atoms with Crippen molar-refractivity contribution < 1.29 is 9.18 Å². The summed E-state index contributed by atoms with van der Waals surface area (Å²) in [6.45, 7) is 1.94. The van der Waals surface area contributed by atoms with Gasteiger partial charge in [-0.25, -0.2) is 4.39 Å². The van der Waals surface area contributed by atoms with E-state index in [0.29, 0.717) is 10.0 Å². The predicted molar refractivity (Wildman–Crippen MR) is 81.0 cm³/mol. The summed E-state index contributed by atoms with van der Waals surface area (Å²) in [5.41, 5.74) is 2.47. The summed E-state index contributed by atoms with van der Waals surface area (Å²) in [7, 11) is 0. The van der Waals surface area contributed by atoms with Gasteiger partial charge in [0.1, 0.15) is 5.82 Å². The van der Waals surface area contributed by atoms with Gasteiger partial charge in [0.05, 0.1) is 0 Å². The molecule has 98 valence electrons. The molecule has 0 aliphatic carbocycles. The fraction of sp³-hybridized carbons (Fsp3) is 0.133. The Morgan fingerprint density at radius 1 is 1.11 bits per heavy atom. The molecule has 0 aromatic heterocycles. The number of hydrogen-bond acceptors (Lipinski definition) is 1. The minimum atomic E-state index is -0.317. The van der Waals surface area contributed by atoms with Crippen LogP contribution in [0.4, 0.5) is 4.39 Å². The zero-order chi connectivity index (χ0) is 14.0. The average Bonchev–Trinajstić information content (AvgIpc) is 2.36. The summed E-state index contributed by atoms with van der Waals surface area (Å²) in [6, 6.07) is 9.86. The number of Topliss-reactive ketones (excluding diaryl/α,β-unsaturated/α-hetero) is 1. The minimum absolute atomic E-state index is 0.0166. The number of benzene rings is 2. The van der Waals surface area contributed by atoms with Gasteiger partial charge in [-0.1, -0.05) is 44.0 Å². The first-order chi connectivity index (χ1) is 8.97. The number of carbonyl (C=O) groups is 1. The van der Waals surface area contributed by atoms with Gasteiger partial charge in [-0.3, -0.25) is 4.79 Å². The number of ketones is 1. The molecule has 0 amide bonds. The molecular weight excluding hydrogens is 375 g/mol. The van der Waals surface area contributed by atoms with E-state index in [9.17, 15) is 9.18 Å². The molecule has 0 atom stereocenters. The number of rotatable bonds is 3. The standard InChI is InChI=1S/C15H11Br2FO/c1-9-6-11(3-5-13(9)16)15(19)7-10-2-4-12(18)8-14(10)17/h2-6,8H,7H2,1H3. The fourth-order valence-corrected chi connectivity index (χ4v) is 2.50. The molecule has 0 aliphatic heterocycles. The van der Waals surface area contributed by atoms with Gasteiger partial charge in [0.2, 0.25) is 0 Å². The Kier molecular flexibility index (Phi) is 4.53. The maximum atomic E-state index is 13.0. The van der Waals surface area contributed by atoms with Crippen molar-refractivity contribution in [2.75, 3.05) is 0 Å². The normalized spacial score (nSPS) is 10.5. The smallest absolute Gasteiger partial charge is 0.167 e. The van der Waals surface area contributed by atoms with E-state index in [2.05, 4.69) is 31.9 Å². The Bertz CT molecular complexity index is 638. The summed E-state index contributed by atoms with van der Waals surface area (Å²) in [6.07, 6.45) is 0.252. The first-order valence-electron chi connectivity index (χ1n) is 5.70. The predicted octanol–water partition coefficient (Wildman–Crippen LogP) is 5.08. The van der Waals surface area contributed by atoms with Crippen molar-refractivity contribution in [2.45, 2.75) is 13.3 Å². The molecule has 0 aliphatic rings. The van der Waals surface area contributed by atoms with Crippen molar-refractivity contribution in [3.63, 3.8) is 0 Å². The molecule has 0 saturated heterocycles. The molecule has 2 aromatic carbocycles. The highest BCUT2D eigenvalue weighted by atomic mass is 79.9. The molecule has 2 rings (SSSR count). The summed E-state index contributed by atoms with van der Waals surface area (Å²) in [5, 5.41) is 0. The molecule has 0 spiro atoms. The zero-order valence-corrected chi connectivity index (χ0v) is 13.4. The summed E-state index contributed by atoms with van der Waals surface area (Å²) >= 11 is 6.68. The molecule has 0 unspecified atom stereocenters. The Balaban J connectivity index is 2.23. The third kappa shape index (κ3) is 3.51. The number of halogens is 3. The summed E-state index contributed by atoms with van der Waals surface area (Å²) in [5.74, 6) is -0.300. The average molecular weight is 386 g/mol. The van der Waals surface area contributed by atoms with Crippen LogP contribution in [0.1, 0.15) is 21.5 Å². The summed E-state index contributed by atoms with van der Waals surface area (Å²) in [4.78, 5) is 12.2. The quantitative estimate of drug-likeness (QED) is 0.673. The highest BCUT2D eigenvalue weighted by molar-refractivity contribution is 9.10. The second-order valence-electron chi connectivity index (χ2n) is 4.30. The van der Waals surface area contributed by atoms with E-state index in [4.69, 9.17) is 0 Å². The van der Waals surface area contributed by atoms with E-state index in [0.717, 1.165) is 15.6 Å². The van der Waals surface area contributed by atoms with Crippen LogP contribution in [-0.4, -0.2) is 5.78 Å². The molecular formula is C15H11Br2FO. The van der Waals surface area contributed by atoms with Crippen LogP contribution in [0.5, 0.6) is 0 Å². The van der Waals surface area contributed by atoms with Gasteiger partial charge in [0.15, 0.2) is 5.78 Å². The Labute approximate surface area is 128 Å². The van der Waals surface area contributed by atoms with E-state index >= 15 is 0 Å². The van der Waals surface area contributed by atoms with Gasteiger partial charge in [-0.15, -0.1) is 0 Å². The largest absolute Gasteiger partial charge is 0.294 e. The zero-order valence-electron chi connectivity index (χ0n) is 10.2. The fourth-order valence-electron chi connectivity index (χ4n) is 1.76. The van der Waals surface area contributed by atoms with Crippen LogP contribution in [0.15, 0.2) is 45.3 Å². The van der Waals surface area contributed by atoms with E-state index in [-0.39, 0.29) is 18.0 Å². The van der Waals surface area contributed by atoms with E-state index in [1.807, 2.05) is 19.1 Å². The molecule has 0 fully saturated rings. The molecule has 0 N–H and O–H groups in total. The van der Waals surface area contributed by atoms with Crippen LogP contribution in [-0.2, 0) is 6.42 Å². The van der Waals surface area contributed by atoms with Crippen LogP contribution in [0, 0.1) is 12.7 Å². The van der Waals surface area contributed by atoms with Crippen molar-refractivity contribution in [3.05, 3.63) is 67.9 Å². The highest BCUT2D eigenvalue weighted by Crippen LogP contribution is 2.22. The Morgan fingerprint density at radius 3 is 2.47 bits per heavy atom. The van der Waals surface area contributed by atoms with Crippen LogP contribution < -0.4 is 0 Å². The van der Waals surface area contributed by atoms with E-state index in [1.165, 1.54) is 12.1 Å². The lowest BCUT2D eigenvalue weighted by Crippen LogP contribution is -2.04. The maximum Gasteiger partial charge on any atom is 0.167 e. The number of carbonyl (C=O) groups excluding carboxylic acids is 1. The highest BCUT2D eigenvalue weighted by Gasteiger charge is 2.11. The molecule has 0 radical (unpaired) electrons. The number of hydrogen-bond donors (Lipinski definition) is 0. The molecule has 0 bridgehead atoms. The first kappa shape index (κ1) is 14.4. The summed E-state index contributed by atoms with van der Waals surface area (Å²) < 4.78 is 14.6. The molecule has 1 nitrogen and oxygen atoms in total. The second-order valence-corrected chi connectivity index (χ2v) is 6.01. The van der Waals surface area contributed by atoms with Gasteiger partial charge in [0, 0.05) is 20.9 Å². The Morgan fingerprint density at radius 2 is 1.84 bits per heavy atom. The van der Waals surface area contributed by atoms with Crippen molar-refractivity contribution >= 4 is 37.6 Å². The molecule has 0 heterocycles. The van der Waals surface area contributed by atoms with Gasteiger partial charge in [0.25, 0.3) is 0 Å². The monoisotopic (exact) mass is 384 g/mol. The van der Waals surface area contributed by atoms with E-state index < -0.39 is 0 Å². The van der Waals surface area contributed by atoms with Crippen LogP contribution in [0.2, 0.25) is 0 Å². The third-order valence-corrected chi connectivity index (χ3v) is 4.47. The Hall–Kier alpha value is -1.000.